The van der Waals surface area contributed by atoms with Crippen molar-refractivity contribution >= 4 is 28.6 Å². The number of aromatic nitrogens is 3. The van der Waals surface area contributed by atoms with Crippen LogP contribution < -0.4 is 17.0 Å². The normalized spacial score (nSPS) is 11.0. The lowest BCUT2D eigenvalue weighted by molar-refractivity contribution is 0.632. The average molecular weight is 326 g/mol. The van der Waals surface area contributed by atoms with Crippen LogP contribution >= 0.6 is 0 Å². The highest BCUT2D eigenvalue weighted by molar-refractivity contribution is 6.05. The number of H-pyrrole nitrogens is 1. The van der Waals surface area contributed by atoms with Gasteiger partial charge in [-0.3, -0.25) is 4.79 Å². The van der Waals surface area contributed by atoms with E-state index in [1.807, 2.05) is 0 Å². The first-order valence-electron chi connectivity index (χ1n) is 7.10. The third-order valence-electron chi connectivity index (χ3n) is 3.84. The summed E-state index contributed by atoms with van der Waals surface area (Å²) in [6, 6.07) is 2.61. The van der Waals surface area contributed by atoms with Crippen molar-refractivity contribution in [3.05, 3.63) is 45.4 Å². The number of benzene rings is 1. The van der Waals surface area contributed by atoms with Crippen LogP contribution in [0.4, 0.5) is 15.8 Å². The van der Waals surface area contributed by atoms with Crippen LogP contribution in [-0.4, -0.2) is 21.2 Å². The number of pyridine rings is 1. The fourth-order valence-corrected chi connectivity index (χ4v) is 2.72. The predicted octanol–water partition coefficient (Wildman–Crippen LogP) is 1.90. The summed E-state index contributed by atoms with van der Waals surface area (Å²) in [6.45, 7) is 3.46. The number of hydrogen-bond donors (Lipinski definition) is 4. The van der Waals surface area contributed by atoms with Gasteiger partial charge >= 0.3 is 0 Å². The van der Waals surface area contributed by atoms with Crippen molar-refractivity contribution in [1.29, 1.82) is 5.41 Å². The Hall–Kier alpha value is -3.29. The first kappa shape index (κ1) is 15.6. The molecule has 0 amide bonds. The summed E-state index contributed by atoms with van der Waals surface area (Å²) >= 11 is 0. The highest BCUT2D eigenvalue weighted by Gasteiger charge is 2.20. The van der Waals surface area contributed by atoms with Crippen LogP contribution in [0.3, 0.4) is 0 Å². The molecular weight excluding hydrogens is 311 g/mol. The van der Waals surface area contributed by atoms with E-state index < -0.39 is 11.4 Å². The van der Waals surface area contributed by atoms with Gasteiger partial charge in [0, 0.05) is 17.3 Å². The van der Waals surface area contributed by atoms with E-state index in [-0.39, 0.29) is 16.9 Å². The minimum atomic E-state index is -0.646. The van der Waals surface area contributed by atoms with Crippen molar-refractivity contribution in [3.8, 4) is 11.1 Å². The first-order chi connectivity index (χ1) is 11.3. The molecule has 2 heterocycles. The SMILES string of the molecule is Cc1nc(C)c2[nH]c(=O)c(N)c(-c3ccc(F)c(N)c3C=N)c2n1. The van der Waals surface area contributed by atoms with Gasteiger partial charge in [0.25, 0.3) is 5.56 Å². The maximum absolute atomic E-state index is 13.7. The van der Waals surface area contributed by atoms with E-state index in [0.717, 1.165) is 6.21 Å². The van der Waals surface area contributed by atoms with Gasteiger partial charge in [-0.25, -0.2) is 14.4 Å². The lowest BCUT2D eigenvalue weighted by atomic mass is 9.96. The van der Waals surface area contributed by atoms with Gasteiger partial charge < -0.3 is 21.9 Å². The molecule has 6 N–H and O–H groups in total. The molecule has 2 aromatic heterocycles. The monoisotopic (exact) mass is 326 g/mol. The molecule has 0 aliphatic carbocycles. The fourth-order valence-electron chi connectivity index (χ4n) is 2.72. The van der Waals surface area contributed by atoms with Crippen molar-refractivity contribution in [1.82, 2.24) is 15.0 Å². The van der Waals surface area contributed by atoms with Crippen LogP contribution in [-0.2, 0) is 0 Å². The van der Waals surface area contributed by atoms with Gasteiger partial charge in [-0.15, -0.1) is 0 Å². The van der Waals surface area contributed by atoms with Crippen LogP contribution in [0.25, 0.3) is 22.2 Å². The lowest BCUT2D eigenvalue weighted by Gasteiger charge is -2.14. The molecule has 3 rings (SSSR count). The highest BCUT2D eigenvalue weighted by Crippen LogP contribution is 2.35. The van der Waals surface area contributed by atoms with Gasteiger partial charge in [0.2, 0.25) is 0 Å². The third kappa shape index (κ3) is 2.19. The minimum absolute atomic E-state index is 0.0749. The Kier molecular flexibility index (Phi) is 3.52. The number of nitrogens with zero attached hydrogens (tertiary/aromatic N) is 2. The van der Waals surface area contributed by atoms with Crippen LogP contribution in [0.5, 0.6) is 0 Å². The van der Waals surface area contributed by atoms with Crippen LogP contribution in [0.1, 0.15) is 17.1 Å². The summed E-state index contributed by atoms with van der Waals surface area (Å²) in [7, 11) is 0. The number of fused-ring (bicyclic) bond motifs is 1. The second kappa shape index (κ2) is 5.41. The lowest BCUT2D eigenvalue weighted by Crippen LogP contribution is -2.16. The Balaban J connectivity index is 2.56. The molecule has 0 radical (unpaired) electrons. The van der Waals surface area contributed by atoms with Crippen LogP contribution in [0.2, 0.25) is 0 Å². The minimum Gasteiger partial charge on any atom is -0.396 e. The maximum atomic E-state index is 13.7. The second-order valence-corrected chi connectivity index (χ2v) is 5.39. The smallest absolute Gasteiger partial charge is 0.272 e. The zero-order chi connectivity index (χ0) is 17.6. The number of rotatable bonds is 2. The quantitative estimate of drug-likeness (QED) is 0.421. The topological polar surface area (TPSA) is 135 Å². The van der Waals surface area contributed by atoms with Gasteiger partial charge in [-0.2, -0.15) is 0 Å². The zero-order valence-corrected chi connectivity index (χ0v) is 13.1. The highest BCUT2D eigenvalue weighted by atomic mass is 19.1. The molecule has 3 aromatic rings. The Labute approximate surface area is 136 Å². The number of hydrogen-bond acceptors (Lipinski definition) is 6. The summed E-state index contributed by atoms with van der Waals surface area (Å²) in [6.07, 6.45) is 0.932. The molecular formula is C16H15FN6O. The average Bonchev–Trinajstić information content (AvgIpc) is 2.53. The van der Waals surface area contributed by atoms with E-state index in [1.54, 1.807) is 13.8 Å². The summed E-state index contributed by atoms with van der Waals surface area (Å²) in [5.41, 5.74) is 13.2. The molecule has 7 nitrogen and oxygen atoms in total. The molecule has 0 spiro atoms. The number of aryl methyl sites for hydroxylation is 2. The Bertz CT molecular complexity index is 1060. The van der Waals surface area contributed by atoms with Gasteiger partial charge in [-0.05, 0) is 25.5 Å². The van der Waals surface area contributed by atoms with Crippen molar-refractivity contribution in [2.45, 2.75) is 13.8 Å². The Morgan fingerprint density at radius 3 is 2.58 bits per heavy atom. The number of nitrogens with one attached hydrogen (secondary N) is 2. The van der Waals surface area contributed by atoms with Crippen molar-refractivity contribution < 1.29 is 4.39 Å². The first-order valence-corrected chi connectivity index (χ1v) is 7.10. The summed E-state index contributed by atoms with van der Waals surface area (Å²) in [5.74, 6) is -0.147. The number of aromatic amines is 1. The summed E-state index contributed by atoms with van der Waals surface area (Å²) < 4.78 is 13.7. The zero-order valence-electron chi connectivity index (χ0n) is 13.1. The third-order valence-corrected chi connectivity index (χ3v) is 3.84. The molecule has 0 atom stereocenters. The summed E-state index contributed by atoms with van der Waals surface area (Å²) in [5, 5.41) is 7.56. The molecule has 0 saturated carbocycles. The molecule has 0 aliphatic rings. The van der Waals surface area contributed by atoms with E-state index in [9.17, 15) is 9.18 Å². The Morgan fingerprint density at radius 2 is 1.92 bits per heavy atom. The molecule has 122 valence electrons. The molecule has 0 fully saturated rings. The van der Waals surface area contributed by atoms with Gasteiger partial charge in [0.15, 0.2) is 0 Å². The van der Waals surface area contributed by atoms with Crippen LogP contribution in [0, 0.1) is 25.1 Å². The molecule has 0 unspecified atom stereocenters. The second-order valence-electron chi connectivity index (χ2n) is 5.39. The molecule has 0 aliphatic heterocycles. The number of nitrogen functional groups attached to an aromatic ring is 2. The van der Waals surface area contributed by atoms with E-state index in [1.165, 1.54) is 12.1 Å². The van der Waals surface area contributed by atoms with Crippen molar-refractivity contribution in [2.24, 2.45) is 0 Å². The largest absolute Gasteiger partial charge is 0.396 e. The molecule has 0 saturated heterocycles. The number of nitrogens with two attached hydrogens (primary N) is 2. The van der Waals surface area contributed by atoms with E-state index >= 15 is 0 Å². The molecule has 24 heavy (non-hydrogen) atoms. The van der Waals surface area contributed by atoms with Crippen LogP contribution in [0.15, 0.2) is 16.9 Å². The number of anilines is 2. The van der Waals surface area contributed by atoms with Gasteiger partial charge in [0.05, 0.1) is 16.9 Å². The molecule has 0 bridgehead atoms. The molecule has 1 aromatic carbocycles. The molecule has 8 heteroatoms. The number of halogens is 1. The predicted molar refractivity (Wildman–Crippen MR) is 91.7 cm³/mol. The van der Waals surface area contributed by atoms with E-state index in [0.29, 0.717) is 33.7 Å². The fraction of sp³-hybridized carbons (Fsp3) is 0.125. The van der Waals surface area contributed by atoms with Crippen molar-refractivity contribution in [2.75, 3.05) is 11.5 Å². The van der Waals surface area contributed by atoms with E-state index in [2.05, 4.69) is 15.0 Å². The van der Waals surface area contributed by atoms with Crippen molar-refractivity contribution in [3.63, 3.8) is 0 Å². The summed E-state index contributed by atoms with van der Waals surface area (Å²) in [4.78, 5) is 23.5. The van der Waals surface area contributed by atoms with Gasteiger partial charge in [-0.1, -0.05) is 6.07 Å². The van der Waals surface area contributed by atoms with Gasteiger partial charge in [0.1, 0.15) is 22.8 Å². The Morgan fingerprint density at radius 1 is 1.21 bits per heavy atom. The van der Waals surface area contributed by atoms with E-state index in [4.69, 9.17) is 16.9 Å². The standard InChI is InChI=1S/C16H15FN6O/c1-6-14-15(22-7(2)21-6)11(13(20)16(24)23-14)8-3-4-10(17)12(19)9(8)5-18/h3-5,18H,19-20H2,1-2H3,(H,23,24). The maximum Gasteiger partial charge on any atom is 0.272 e.